The first-order valence-electron chi connectivity index (χ1n) is 12.5. The van der Waals surface area contributed by atoms with Gasteiger partial charge in [-0.2, -0.15) is 0 Å². The van der Waals surface area contributed by atoms with Crippen molar-refractivity contribution < 1.29 is 14.3 Å². The van der Waals surface area contributed by atoms with Gasteiger partial charge in [-0.05, 0) is 52.9 Å². The first kappa shape index (κ1) is 25.9. The lowest BCUT2D eigenvalue weighted by Gasteiger charge is -2.16. The Labute approximate surface area is 218 Å². The molecule has 0 aliphatic carbocycles. The highest BCUT2D eigenvalue weighted by molar-refractivity contribution is 5.72. The molecule has 0 aliphatic heterocycles. The van der Waals surface area contributed by atoms with Crippen LogP contribution in [-0.2, 0) is 24.6 Å². The number of carbonyl (C=O) groups is 1. The molecule has 3 aromatic carbocycles. The number of nitrogens with one attached hydrogen (secondary N) is 2. The number of ether oxygens (including phenoxy) is 2. The van der Waals surface area contributed by atoms with Crippen molar-refractivity contribution in [3.63, 3.8) is 0 Å². The first-order valence-corrected chi connectivity index (χ1v) is 12.5. The molecule has 37 heavy (non-hydrogen) atoms. The van der Waals surface area contributed by atoms with Crippen LogP contribution in [0.3, 0.4) is 0 Å². The summed E-state index contributed by atoms with van der Waals surface area (Å²) >= 11 is 0. The highest BCUT2D eigenvalue weighted by Gasteiger charge is 2.10. The van der Waals surface area contributed by atoms with E-state index in [1.165, 1.54) is 23.6 Å². The molecule has 0 aliphatic rings. The van der Waals surface area contributed by atoms with Gasteiger partial charge in [0.25, 0.3) is 0 Å². The molecule has 0 saturated heterocycles. The molecule has 0 atom stereocenters. The third-order valence-corrected chi connectivity index (χ3v) is 6.10. The Morgan fingerprint density at radius 2 is 1.65 bits per heavy atom. The second-order valence-corrected chi connectivity index (χ2v) is 8.82. The van der Waals surface area contributed by atoms with Gasteiger partial charge in [0.15, 0.2) is 0 Å². The lowest BCUT2D eigenvalue weighted by atomic mass is 9.97. The molecule has 6 heteroatoms. The van der Waals surface area contributed by atoms with E-state index < -0.39 is 0 Å². The quantitative estimate of drug-likeness (QED) is 0.256. The summed E-state index contributed by atoms with van der Waals surface area (Å²) < 4.78 is 12.4. The van der Waals surface area contributed by atoms with Crippen LogP contribution in [0.5, 0.6) is 11.5 Å². The van der Waals surface area contributed by atoms with Crippen LogP contribution in [0.15, 0.2) is 91.3 Å². The minimum Gasteiger partial charge on any atom is -0.489 e. The third-order valence-electron chi connectivity index (χ3n) is 6.10. The molecule has 0 spiro atoms. The molecule has 0 saturated carbocycles. The van der Waals surface area contributed by atoms with E-state index >= 15 is 0 Å². The van der Waals surface area contributed by atoms with Gasteiger partial charge in [-0.25, -0.2) is 0 Å². The zero-order valence-electron chi connectivity index (χ0n) is 21.4. The van der Waals surface area contributed by atoms with Crippen molar-refractivity contribution >= 4 is 5.91 Å². The van der Waals surface area contributed by atoms with Gasteiger partial charge < -0.3 is 20.1 Å². The Morgan fingerprint density at radius 1 is 0.838 bits per heavy atom. The fourth-order valence-corrected chi connectivity index (χ4v) is 4.03. The van der Waals surface area contributed by atoms with E-state index in [1.54, 1.807) is 12.4 Å². The monoisotopic (exact) mass is 495 g/mol. The average molecular weight is 496 g/mol. The highest BCUT2D eigenvalue weighted by Crippen LogP contribution is 2.29. The van der Waals surface area contributed by atoms with E-state index in [9.17, 15) is 4.79 Å². The third kappa shape index (κ3) is 7.66. The minimum absolute atomic E-state index is 0.0331. The normalized spacial score (nSPS) is 10.6. The number of amides is 1. The molecule has 6 nitrogen and oxygen atoms in total. The van der Waals surface area contributed by atoms with Gasteiger partial charge >= 0.3 is 0 Å². The molecule has 1 heterocycles. The molecule has 1 aromatic heterocycles. The van der Waals surface area contributed by atoms with E-state index in [0.29, 0.717) is 32.8 Å². The van der Waals surface area contributed by atoms with Crippen LogP contribution in [0.2, 0.25) is 0 Å². The van der Waals surface area contributed by atoms with Crippen LogP contribution in [0.25, 0.3) is 11.1 Å². The number of pyridine rings is 1. The summed E-state index contributed by atoms with van der Waals surface area (Å²) in [6.45, 7) is 6.41. The predicted octanol–water partition coefficient (Wildman–Crippen LogP) is 5.44. The maximum Gasteiger partial charge on any atom is 0.216 e. The summed E-state index contributed by atoms with van der Waals surface area (Å²) in [5, 5.41) is 6.15. The van der Waals surface area contributed by atoms with Crippen molar-refractivity contribution in [1.29, 1.82) is 0 Å². The fourth-order valence-electron chi connectivity index (χ4n) is 4.03. The molecular formula is C31H33N3O3. The van der Waals surface area contributed by atoms with Crippen molar-refractivity contribution in [2.75, 3.05) is 13.1 Å². The van der Waals surface area contributed by atoms with Crippen molar-refractivity contribution in [3.8, 4) is 22.6 Å². The van der Waals surface area contributed by atoms with Crippen LogP contribution in [0.4, 0.5) is 0 Å². The summed E-state index contributed by atoms with van der Waals surface area (Å²) in [7, 11) is 0. The van der Waals surface area contributed by atoms with Crippen LogP contribution < -0.4 is 20.1 Å². The smallest absolute Gasteiger partial charge is 0.216 e. The topological polar surface area (TPSA) is 72.5 Å². The molecule has 4 rings (SSSR count). The average Bonchev–Trinajstić information content (AvgIpc) is 2.92. The van der Waals surface area contributed by atoms with Gasteiger partial charge in [0.2, 0.25) is 5.91 Å². The van der Waals surface area contributed by atoms with Crippen molar-refractivity contribution in [3.05, 3.63) is 114 Å². The van der Waals surface area contributed by atoms with Gasteiger partial charge in [-0.3, -0.25) is 9.78 Å². The standard InChI is InChI=1S/C31H33N3O3/c1-23-28(9-6-10-30(23)26-7-4-3-5-8-26)22-36-29-12-11-27(20-33-17-18-34-24(2)35)31(19-29)37-21-25-13-15-32-16-14-25/h3-16,19,33H,17-18,20-22H2,1-2H3,(H,34,35). The van der Waals surface area contributed by atoms with Crippen molar-refractivity contribution in [1.82, 2.24) is 15.6 Å². The number of nitrogens with zero attached hydrogens (tertiary/aromatic N) is 1. The molecule has 0 radical (unpaired) electrons. The van der Waals surface area contributed by atoms with Crippen LogP contribution >= 0.6 is 0 Å². The maximum absolute atomic E-state index is 11.1. The lowest BCUT2D eigenvalue weighted by Crippen LogP contribution is -2.30. The molecule has 0 unspecified atom stereocenters. The SMILES string of the molecule is CC(=O)NCCNCc1ccc(OCc2cccc(-c3ccccc3)c2C)cc1OCc1ccncc1. The largest absolute Gasteiger partial charge is 0.489 e. The van der Waals surface area contributed by atoms with E-state index in [2.05, 4.69) is 65.0 Å². The Hall–Kier alpha value is -4.16. The number of carbonyl (C=O) groups excluding carboxylic acids is 1. The second-order valence-electron chi connectivity index (χ2n) is 8.82. The maximum atomic E-state index is 11.1. The van der Waals surface area contributed by atoms with E-state index in [1.807, 2.05) is 36.4 Å². The first-order chi connectivity index (χ1) is 18.1. The zero-order chi connectivity index (χ0) is 25.9. The Bertz CT molecular complexity index is 1290. The number of aromatic nitrogens is 1. The molecule has 4 aromatic rings. The number of rotatable bonds is 12. The van der Waals surface area contributed by atoms with Crippen LogP contribution in [-0.4, -0.2) is 24.0 Å². The second kappa shape index (κ2) is 13.2. The number of benzene rings is 3. The molecule has 0 fully saturated rings. The number of hydrogen-bond donors (Lipinski definition) is 2. The van der Waals surface area contributed by atoms with Gasteiger partial charge in [0.1, 0.15) is 24.7 Å². The van der Waals surface area contributed by atoms with E-state index in [4.69, 9.17) is 9.47 Å². The summed E-state index contributed by atoms with van der Waals surface area (Å²) in [6, 6.07) is 26.5. The molecule has 190 valence electrons. The van der Waals surface area contributed by atoms with E-state index in [0.717, 1.165) is 28.2 Å². The van der Waals surface area contributed by atoms with Gasteiger partial charge in [-0.15, -0.1) is 0 Å². The molecule has 1 amide bonds. The Morgan fingerprint density at radius 3 is 2.43 bits per heavy atom. The fraction of sp³-hybridized carbons (Fsp3) is 0.226. The lowest BCUT2D eigenvalue weighted by molar-refractivity contribution is -0.118. The molecular weight excluding hydrogens is 462 g/mol. The summed E-state index contributed by atoms with van der Waals surface area (Å²) in [5.41, 5.74) is 6.82. The van der Waals surface area contributed by atoms with Gasteiger partial charge in [0, 0.05) is 50.6 Å². The van der Waals surface area contributed by atoms with Crippen LogP contribution in [0, 0.1) is 6.92 Å². The van der Waals surface area contributed by atoms with Crippen molar-refractivity contribution in [2.45, 2.75) is 33.6 Å². The highest BCUT2D eigenvalue weighted by atomic mass is 16.5. The van der Waals surface area contributed by atoms with Crippen LogP contribution in [0.1, 0.15) is 29.2 Å². The summed E-state index contributed by atoms with van der Waals surface area (Å²) in [5.74, 6) is 1.47. The molecule has 2 N–H and O–H groups in total. The zero-order valence-corrected chi connectivity index (χ0v) is 21.4. The summed E-state index contributed by atoms with van der Waals surface area (Å²) in [4.78, 5) is 15.2. The van der Waals surface area contributed by atoms with Gasteiger partial charge in [0.05, 0.1) is 0 Å². The van der Waals surface area contributed by atoms with Gasteiger partial charge in [-0.1, -0.05) is 54.6 Å². The van der Waals surface area contributed by atoms with Crippen molar-refractivity contribution in [2.24, 2.45) is 0 Å². The van der Waals surface area contributed by atoms with E-state index in [-0.39, 0.29) is 5.91 Å². The Balaban J connectivity index is 1.46. The Kier molecular flexibility index (Phi) is 9.27. The molecule has 0 bridgehead atoms. The summed E-state index contributed by atoms with van der Waals surface area (Å²) in [6.07, 6.45) is 3.52. The predicted molar refractivity (Wildman–Crippen MR) is 146 cm³/mol. The minimum atomic E-state index is -0.0331. The number of hydrogen-bond acceptors (Lipinski definition) is 5.